The fourth-order valence-corrected chi connectivity index (χ4v) is 2.47. The molecule has 6 nitrogen and oxygen atoms in total. The molecule has 1 fully saturated rings. The lowest BCUT2D eigenvalue weighted by Gasteiger charge is -2.20. The lowest BCUT2D eigenvalue weighted by molar-refractivity contribution is -0.123. The molecular weight excluding hydrogens is 318 g/mol. The van der Waals surface area contributed by atoms with E-state index in [1.54, 1.807) is 13.1 Å². The van der Waals surface area contributed by atoms with E-state index in [0.29, 0.717) is 5.92 Å². The molecule has 2 atom stereocenters. The monoisotopic (exact) mass is 336 g/mol. The number of aliphatic hydroxyl groups is 1. The minimum atomic E-state index is -1.15. The smallest absolute Gasteiger partial charge is 0.242 e. The quantitative estimate of drug-likeness (QED) is 0.841. The minimum Gasteiger partial charge on any atom is -0.386 e. The first-order valence-electron chi connectivity index (χ1n) is 7.76. The van der Waals surface area contributed by atoms with E-state index in [2.05, 4.69) is 15.6 Å². The van der Waals surface area contributed by atoms with Crippen LogP contribution in [-0.2, 0) is 11.3 Å². The zero-order valence-corrected chi connectivity index (χ0v) is 13.1. The predicted octanol–water partition coefficient (Wildman–Crippen LogP) is 1.67. The summed E-state index contributed by atoms with van der Waals surface area (Å²) in [6.45, 7) is 1.56. The van der Waals surface area contributed by atoms with Crippen LogP contribution in [0.1, 0.15) is 43.0 Å². The molecule has 8 heteroatoms. The number of carbonyl (C=O) groups is 1. The second-order valence-corrected chi connectivity index (χ2v) is 6.09. The highest BCUT2D eigenvalue weighted by Crippen LogP contribution is 2.38. The molecule has 0 bridgehead atoms. The van der Waals surface area contributed by atoms with Gasteiger partial charge in [0.2, 0.25) is 5.91 Å². The van der Waals surface area contributed by atoms with Gasteiger partial charge in [0.15, 0.2) is 11.6 Å². The van der Waals surface area contributed by atoms with Crippen molar-refractivity contribution in [3.05, 3.63) is 47.3 Å². The van der Waals surface area contributed by atoms with Crippen LogP contribution in [0, 0.1) is 11.6 Å². The van der Waals surface area contributed by atoms with E-state index < -0.39 is 23.8 Å². The standard InChI is InChI=1S/C16H18F2N4O2/c1-9(16(24)11-4-5-12(17)13(18)6-11)19-15(23)8-22-7-14(20-21-22)10-2-3-10/h4-7,9-10,16,24H,2-3,8H2,1H3,(H,19,23). The molecule has 128 valence electrons. The van der Waals surface area contributed by atoms with Crippen LogP contribution in [0.2, 0.25) is 0 Å². The largest absolute Gasteiger partial charge is 0.386 e. The molecule has 1 aliphatic carbocycles. The number of carbonyl (C=O) groups excluding carboxylic acids is 1. The third kappa shape index (κ3) is 3.76. The minimum absolute atomic E-state index is 0.0193. The van der Waals surface area contributed by atoms with Gasteiger partial charge in [-0.2, -0.15) is 0 Å². The maximum absolute atomic E-state index is 13.2. The van der Waals surface area contributed by atoms with Crippen LogP contribution in [0.25, 0.3) is 0 Å². The SMILES string of the molecule is CC(NC(=O)Cn1cc(C2CC2)nn1)C(O)c1ccc(F)c(F)c1. The summed E-state index contributed by atoms with van der Waals surface area (Å²) in [6, 6.07) is 2.47. The number of hydrogen-bond donors (Lipinski definition) is 2. The van der Waals surface area contributed by atoms with E-state index >= 15 is 0 Å². The third-order valence-electron chi connectivity index (χ3n) is 4.01. The lowest BCUT2D eigenvalue weighted by atomic mass is 10.0. The van der Waals surface area contributed by atoms with E-state index in [-0.39, 0.29) is 18.0 Å². The summed E-state index contributed by atoms with van der Waals surface area (Å²) in [5.41, 5.74) is 1.08. The molecule has 1 aliphatic rings. The molecule has 1 amide bonds. The summed E-state index contributed by atoms with van der Waals surface area (Å²) in [7, 11) is 0. The van der Waals surface area contributed by atoms with Gasteiger partial charge in [-0.1, -0.05) is 11.3 Å². The topological polar surface area (TPSA) is 80.0 Å². The normalized spacial score (nSPS) is 16.7. The number of halogens is 2. The first kappa shape index (κ1) is 16.5. The average Bonchev–Trinajstić information content (AvgIpc) is 3.29. The number of aromatic nitrogens is 3. The van der Waals surface area contributed by atoms with Gasteiger partial charge in [-0.3, -0.25) is 4.79 Å². The third-order valence-corrected chi connectivity index (χ3v) is 4.01. The fraction of sp³-hybridized carbons (Fsp3) is 0.438. The van der Waals surface area contributed by atoms with E-state index in [1.807, 2.05) is 0 Å². The summed E-state index contributed by atoms with van der Waals surface area (Å²) in [5, 5.41) is 20.7. The van der Waals surface area contributed by atoms with Gasteiger partial charge in [0.05, 0.1) is 17.8 Å². The fourth-order valence-electron chi connectivity index (χ4n) is 2.47. The van der Waals surface area contributed by atoms with Crippen molar-refractivity contribution in [2.45, 2.75) is 44.4 Å². The number of benzene rings is 1. The molecule has 1 aromatic heterocycles. The Morgan fingerprint density at radius 2 is 2.17 bits per heavy atom. The second-order valence-electron chi connectivity index (χ2n) is 6.09. The zero-order chi connectivity index (χ0) is 17.3. The molecule has 0 spiro atoms. The Labute approximate surface area is 137 Å². The Morgan fingerprint density at radius 1 is 1.42 bits per heavy atom. The molecule has 24 heavy (non-hydrogen) atoms. The number of hydrogen-bond acceptors (Lipinski definition) is 4. The van der Waals surface area contributed by atoms with E-state index in [4.69, 9.17) is 0 Å². The van der Waals surface area contributed by atoms with Gasteiger partial charge in [-0.05, 0) is 37.5 Å². The van der Waals surface area contributed by atoms with Crippen molar-refractivity contribution < 1.29 is 18.7 Å². The molecule has 2 aromatic rings. The van der Waals surface area contributed by atoms with Gasteiger partial charge in [-0.25, -0.2) is 13.5 Å². The Bertz CT molecular complexity index is 745. The number of amides is 1. The van der Waals surface area contributed by atoms with Gasteiger partial charge >= 0.3 is 0 Å². The molecule has 1 heterocycles. The average molecular weight is 336 g/mol. The Hall–Kier alpha value is -2.35. The van der Waals surface area contributed by atoms with E-state index in [0.717, 1.165) is 30.7 Å². The molecule has 1 aromatic carbocycles. The highest BCUT2D eigenvalue weighted by molar-refractivity contribution is 5.76. The van der Waals surface area contributed by atoms with Crippen molar-refractivity contribution >= 4 is 5.91 Å². The molecule has 1 saturated carbocycles. The molecule has 3 rings (SSSR count). The Morgan fingerprint density at radius 3 is 2.83 bits per heavy atom. The summed E-state index contributed by atoms with van der Waals surface area (Å²) in [5.74, 6) is -1.92. The second kappa shape index (κ2) is 6.64. The lowest BCUT2D eigenvalue weighted by Crippen LogP contribution is -2.39. The van der Waals surface area contributed by atoms with Crippen molar-refractivity contribution in [3.8, 4) is 0 Å². The first-order valence-corrected chi connectivity index (χ1v) is 7.76. The summed E-state index contributed by atoms with van der Waals surface area (Å²) in [4.78, 5) is 12.0. The zero-order valence-electron chi connectivity index (χ0n) is 13.1. The van der Waals surface area contributed by atoms with Gasteiger partial charge in [0, 0.05) is 12.1 Å². The molecule has 2 N–H and O–H groups in total. The maximum atomic E-state index is 13.2. The van der Waals surface area contributed by atoms with Crippen molar-refractivity contribution in [1.29, 1.82) is 0 Å². The number of aliphatic hydroxyl groups excluding tert-OH is 1. The van der Waals surface area contributed by atoms with Crippen LogP contribution in [0.15, 0.2) is 24.4 Å². The summed E-state index contributed by atoms with van der Waals surface area (Å²) in [6.07, 6.45) is 2.79. The molecule has 0 saturated heterocycles. The van der Waals surface area contributed by atoms with Gasteiger partial charge < -0.3 is 10.4 Å². The van der Waals surface area contributed by atoms with E-state index in [9.17, 15) is 18.7 Å². The summed E-state index contributed by atoms with van der Waals surface area (Å²) < 4.78 is 27.6. The summed E-state index contributed by atoms with van der Waals surface area (Å²) >= 11 is 0. The molecule has 0 radical (unpaired) electrons. The number of nitrogens with zero attached hydrogens (tertiary/aromatic N) is 3. The highest BCUT2D eigenvalue weighted by atomic mass is 19.2. The van der Waals surface area contributed by atoms with Crippen LogP contribution in [-0.4, -0.2) is 32.0 Å². The van der Waals surface area contributed by atoms with Crippen molar-refractivity contribution in [2.24, 2.45) is 0 Å². The predicted molar refractivity (Wildman–Crippen MR) is 80.9 cm³/mol. The molecule has 2 unspecified atom stereocenters. The molecule has 0 aliphatic heterocycles. The maximum Gasteiger partial charge on any atom is 0.242 e. The Balaban J connectivity index is 1.56. The van der Waals surface area contributed by atoms with Gasteiger partial charge in [0.25, 0.3) is 0 Å². The van der Waals surface area contributed by atoms with E-state index in [1.165, 1.54) is 10.7 Å². The number of rotatable bonds is 6. The first-order chi connectivity index (χ1) is 11.4. The van der Waals surface area contributed by atoms with Crippen LogP contribution in [0.3, 0.4) is 0 Å². The van der Waals surface area contributed by atoms with Crippen molar-refractivity contribution in [3.63, 3.8) is 0 Å². The highest BCUT2D eigenvalue weighted by Gasteiger charge is 2.27. The Kier molecular flexibility index (Phi) is 4.57. The van der Waals surface area contributed by atoms with Crippen LogP contribution in [0.5, 0.6) is 0 Å². The van der Waals surface area contributed by atoms with Gasteiger partial charge in [0.1, 0.15) is 6.54 Å². The van der Waals surface area contributed by atoms with Gasteiger partial charge in [-0.15, -0.1) is 5.10 Å². The van der Waals surface area contributed by atoms with Crippen molar-refractivity contribution in [1.82, 2.24) is 20.3 Å². The van der Waals surface area contributed by atoms with Crippen molar-refractivity contribution in [2.75, 3.05) is 0 Å². The molecular formula is C16H18F2N4O2. The van der Waals surface area contributed by atoms with Crippen LogP contribution >= 0.6 is 0 Å². The number of nitrogens with one attached hydrogen (secondary N) is 1. The van der Waals surface area contributed by atoms with Crippen LogP contribution in [0.4, 0.5) is 8.78 Å². The van der Waals surface area contributed by atoms with Crippen LogP contribution < -0.4 is 5.32 Å².